The van der Waals surface area contributed by atoms with Crippen LogP contribution in [0, 0.1) is 0 Å². The summed E-state index contributed by atoms with van der Waals surface area (Å²) in [6.07, 6.45) is 0. The van der Waals surface area contributed by atoms with Crippen molar-refractivity contribution in [2.75, 3.05) is 6.54 Å². The molecule has 0 heterocycles. The zero-order valence-electron chi connectivity index (χ0n) is 10.5. The second kappa shape index (κ2) is 6.76. The summed E-state index contributed by atoms with van der Waals surface area (Å²) in [5, 5.41) is 14.5. The summed E-state index contributed by atoms with van der Waals surface area (Å²) in [5.41, 5.74) is 0.558. The van der Waals surface area contributed by atoms with Crippen molar-refractivity contribution < 1.29 is 14.7 Å². The number of nitrogens with one attached hydrogen (secondary N) is 2. The Balaban J connectivity index is 2.65. The lowest BCUT2D eigenvalue weighted by molar-refractivity contribution is -0.141. The standard InChI is InChI=1S/C13H18N2O3/c1-9(2)14-8-11(16)15-12(13(17)18)10-6-4-3-5-7-10/h3-7,9,12,14H,8H2,1-2H3,(H,15,16)(H,17,18)/t12-/m0/s1. The lowest BCUT2D eigenvalue weighted by Crippen LogP contribution is -2.41. The first-order chi connectivity index (χ1) is 8.50. The van der Waals surface area contributed by atoms with Crippen LogP contribution >= 0.6 is 0 Å². The number of hydrogen-bond donors (Lipinski definition) is 3. The molecule has 5 nitrogen and oxygen atoms in total. The third-order valence-electron chi connectivity index (χ3n) is 2.36. The number of hydrogen-bond acceptors (Lipinski definition) is 3. The number of carboxylic acid groups (broad SMARTS) is 1. The number of carbonyl (C=O) groups is 2. The molecule has 18 heavy (non-hydrogen) atoms. The fraction of sp³-hybridized carbons (Fsp3) is 0.385. The van der Waals surface area contributed by atoms with Crippen LogP contribution in [0.15, 0.2) is 30.3 Å². The Morgan fingerprint density at radius 1 is 1.22 bits per heavy atom. The Morgan fingerprint density at radius 3 is 2.33 bits per heavy atom. The summed E-state index contributed by atoms with van der Waals surface area (Å²) >= 11 is 0. The molecule has 1 atom stereocenters. The first-order valence-electron chi connectivity index (χ1n) is 5.81. The summed E-state index contributed by atoms with van der Waals surface area (Å²) in [6.45, 7) is 3.94. The highest BCUT2D eigenvalue weighted by Gasteiger charge is 2.21. The minimum absolute atomic E-state index is 0.105. The molecule has 1 aromatic carbocycles. The third kappa shape index (κ3) is 4.55. The summed E-state index contributed by atoms with van der Waals surface area (Å²) in [6, 6.07) is 7.80. The molecule has 0 bridgehead atoms. The molecule has 0 fully saturated rings. The lowest BCUT2D eigenvalue weighted by Gasteiger charge is -2.15. The normalized spacial score (nSPS) is 12.2. The van der Waals surface area contributed by atoms with Gasteiger partial charge < -0.3 is 15.7 Å². The van der Waals surface area contributed by atoms with Crippen LogP contribution in [0.3, 0.4) is 0 Å². The SMILES string of the molecule is CC(C)NCC(=O)N[C@H](C(=O)O)c1ccccc1. The minimum atomic E-state index is -1.07. The highest BCUT2D eigenvalue weighted by atomic mass is 16.4. The van der Waals surface area contributed by atoms with E-state index in [-0.39, 0.29) is 18.5 Å². The molecule has 0 spiro atoms. The molecule has 0 aromatic heterocycles. The lowest BCUT2D eigenvalue weighted by atomic mass is 10.1. The molecule has 0 aliphatic rings. The van der Waals surface area contributed by atoms with E-state index in [9.17, 15) is 9.59 Å². The Labute approximate surface area is 106 Å². The minimum Gasteiger partial charge on any atom is -0.479 e. The molecule has 0 unspecified atom stereocenters. The number of carbonyl (C=O) groups excluding carboxylic acids is 1. The smallest absolute Gasteiger partial charge is 0.330 e. The van der Waals surface area contributed by atoms with E-state index in [0.29, 0.717) is 5.56 Å². The molecule has 3 N–H and O–H groups in total. The first kappa shape index (κ1) is 14.2. The van der Waals surface area contributed by atoms with Gasteiger partial charge in [-0.25, -0.2) is 4.79 Å². The van der Waals surface area contributed by atoms with E-state index in [0.717, 1.165) is 0 Å². The summed E-state index contributed by atoms with van der Waals surface area (Å²) < 4.78 is 0. The van der Waals surface area contributed by atoms with E-state index in [1.807, 2.05) is 13.8 Å². The van der Waals surface area contributed by atoms with Gasteiger partial charge in [-0.2, -0.15) is 0 Å². The predicted molar refractivity (Wildman–Crippen MR) is 68.1 cm³/mol. The van der Waals surface area contributed by atoms with Gasteiger partial charge in [0.2, 0.25) is 5.91 Å². The number of amides is 1. The average Bonchev–Trinajstić information content (AvgIpc) is 2.34. The molecule has 0 saturated heterocycles. The first-order valence-corrected chi connectivity index (χ1v) is 5.81. The van der Waals surface area contributed by atoms with Crippen molar-refractivity contribution in [1.29, 1.82) is 0 Å². The Morgan fingerprint density at radius 2 is 1.83 bits per heavy atom. The molecule has 0 radical (unpaired) electrons. The van der Waals surface area contributed by atoms with Gasteiger partial charge in [-0.3, -0.25) is 4.79 Å². The largest absolute Gasteiger partial charge is 0.479 e. The van der Waals surface area contributed by atoms with E-state index >= 15 is 0 Å². The van der Waals surface area contributed by atoms with E-state index in [2.05, 4.69) is 10.6 Å². The number of benzene rings is 1. The van der Waals surface area contributed by atoms with Crippen LogP contribution < -0.4 is 10.6 Å². The molecule has 0 aliphatic heterocycles. The van der Waals surface area contributed by atoms with E-state index < -0.39 is 12.0 Å². The molecular formula is C13H18N2O3. The van der Waals surface area contributed by atoms with Gasteiger partial charge in [0, 0.05) is 6.04 Å². The van der Waals surface area contributed by atoms with Crippen molar-refractivity contribution in [2.24, 2.45) is 0 Å². The van der Waals surface area contributed by atoms with Gasteiger partial charge in [0.25, 0.3) is 0 Å². The molecule has 1 amide bonds. The van der Waals surface area contributed by atoms with Crippen LogP contribution in [0.2, 0.25) is 0 Å². The van der Waals surface area contributed by atoms with Crippen LogP contribution in [0.25, 0.3) is 0 Å². The fourth-order valence-corrected chi connectivity index (χ4v) is 1.44. The van der Waals surface area contributed by atoms with Gasteiger partial charge in [0.15, 0.2) is 6.04 Å². The zero-order valence-corrected chi connectivity index (χ0v) is 10.5. The van der Waals surface area contributed by atoms with Crippen molar-refractivity contribution in [2.45, 2.75) is 25.9 Å². The van der Waals surface area contributed by atoms with Crippen molar-refractivity contribution in [3.8, 4) is 0 Å². The highest BCUT2D eigenvalue weighted by molar-refractivity contribution is 5.85. The Bertz CT molecular complexity index is 404. The zero-order chi connectivity index (χ0) is 13.5. The van der Waals surface area contributed by atoms with Crippen molar-refractivity contribution in [3.05, 3.63) is 35.9 Å². The van der Waals surface area contributed by atoms with E-state index in [1.54, 1.807) is 30.3 Å². The van der Waals surface area contributed by atoms with Crippen LogP contribution in [0.4, 0.5) is 0 Å². The number of aliphatic carboxylic acids is 1. The maximum absolute atomic E-state index is 11.6. The molecule has 1 rings (SSSR count). The monoisotopic (exact) mass is 250 g/mol. The second-order valence-corrected chi connectivity index (χ2v) is 4.29. The van der Waals surface area contributed by atoms with E-state index in [4.69, 9.17) is 5.11 Å². The quantitative estimate of drug-likeness (QED) is 0.701. The van der Waals surface area contributed by atoms with Gasteiger partial charge in [-0.1, -0.05) is 44.2 Å². The van der Waals surface area contributed by atoms with Gasteiger partial charge in [-0.15, -0.1) is 0 Å². The van der Waals surface area contributed by atoms with E-state index in [1.165, 1.54) is 0 Å². The van der Waals surface area contributed by atoms with Crippen molar-refractivity contribution in [1.82, 2.24) is 10.6 Å². The number of rotatable bonds is 6. The molecule has 0 saturated carbocycles. The number of carboxylic acids is 1. The molecule has 5 heteroatoms. The van der Waals surface area contributed by atoms with Crippen LogP contribution in [-0.4, -0.2) is 29.6 Å². The summed E-state index contributed by atoms with van der Waals surface area (Å²) in [7, 11) is 0. The Hall–Kier alpha value is -1.88. The van der Waals surface area contributed by atoms with Crippen molar-refractivity contribution >= 4 is 11.9 Å². The molecule has 1 aromatic rings. The van der Waals surface area contributed by atoms with Crippen molar-refractivity contribution in [3.63, 3.8) is 0 Å². The molecular weight excluding hydrogens is 232 g/mol. The summed E-state index contributed by atoms with van der Waals surface area (Å²) in [5.74, 6) is -1.40. The predicted octanol–water partition coefficient (Wildman–Crippen LogP) is 0.926. The Kier molecular flexibility index (Phi) is 5.32. The highest BCUT2D eigenvalue weighted by Crippen LogP contribution is 2.12. The molecule has 98 valence electrons. The molecule has 0 aliphatic carbocycles. The van der Waals surface area contributed by atoms with Crippen LogP contribution in [0.5, 0.6) is 0 Å². The van der Waals surface area contributed by atoms with Gasteiger partial charge >= 0.3 is 5.97 Å². The van der Waals surface area contributed by atoms with Gasteiger partial charge in [-0.05, 0) is 5.56 Å². The maximum atomic E-state index is 11.6. The second-order valence-electron chi connectivity index (χ2n) is 4.29. The summed E-state index contributed by atoms with van der Waals surface area (Å²) in [4.78, 5) is 22.7. The maximum Gasteiger partial charge on any atom is 0.330 e. The fourth-order valence-electron chi connectivity index (χ4n) is 1.44. The van der Waals surface area contributed by atoms with Crippen LogP contribution in [-0.2, 0) is 9.59 Å². The van der Waals surface area contributed by atoms with Gasteiger partial charge in [0.1, 0.15) is 0 Å². The van der Waals surface area contributed by atoms with Gasteiger partial charge in [0.05, 0.1) is 6.54 Å². The average molecular weight is 250 g/mol. The van der Waals surface area contributed by atoms with Crippen LogP contribution in [0.1, 0.15) is 25.5 Å². The third-order valence-corrected chi connectivity index (χ3v) is 2.36. The topological polar surface area (TPSA) is 78.4 Å².